The Hall–Kier alpha value is -2.25. The molecule has 0 fully saturated rings. The molecule has 112 valence electrons. The van der Waals surface area contributed by atoms with Crippen LogP contribution in [0.15, 0.2) is 36.7 Å². The normalized spacial score (nSPS) is 10.7. The van der Waals surface area contributed by atoms with Crippen molar-refractivity contribution in [2.75, 3.05) is 5.32 Å². The van der Waals surface area contributed by atoms with Gasteiger partial charge in [-0.1, -0.05) is 34.4 Å². The Bertz CT molecular complexity index is 807. The van der Waals surface area contributed by atoms with Crippen molar-refractivity contribution in [3.63, 3.8) is 0 Å². The van der Waals surface area contributed by atoms with Gasteiger partial charge in [-0.2, -0.15) is 4.68 Å². The number of hydrogen-bond acceptors (Lipinski definition) is 5. The highest BCUT2D eigenvalue weighted by Gasteiger charge is 2.13. The minimum Gasteiger partial charge on any atom is -0.349 e. The van der Waals surface area contributed by atoms with E-state index in [0.29, 0.717) is 27.2 Å². The summed E-state index contributed by atoms with van der Waals surface area (Å²) in [4.78, 5) is 3.70. The molecular formula is C13H9Cl2FN6. The van der Waals surface area contributed by atoms with Crippen LogP contribution in [-0.4, -0.2) is 25.2 Å². The van der Waals surface area contributed by atoms with Gasteiger partial charge in [0.15, 0.2) is 0 Å². The molecular weight excluding hydrogens is 330 g/mol. The highest BCUT2D eigenvalue weighted by molar-refractivity contribution is 6.43. The lowest BCUT2D eigenvalue weighted by Gasteiger charge is -2.09. The zero-order valence-electron chi connectivity index (χ0n) is 11.0. The molecule has 0 saturated carbocycles. The molecule has 2 heterocycles. The van der Waals surface area contributed by atoms with Crippen LogP contribution in [0.3, 0.4) is 0 Å². The van der Waals surface area contributed by atoms with Gasteiger partial charge < -0.3 is 5.32 Å². The number of anilines is 1. The molecule has 0 saturated heterocycles. The largest absolute Gasteiger partial charge is 0.349 e. The first-order valence-corrected chi connectivity index (χ1v) is 6.97. The van der Waals surface area contributed by atoms with Crippen molar-refractivity contribution in [2.24, 2.45) is 0 Å². The molecule has 0 aliphatic carbocycles. The molecule has 0 amide bonds. The van der Waals surface area contributed by atoms with Gasteiger partial charge in [-0.05, 0) is 28.6 Å². The van der Waals surface area contributed by atoms with E-state index in [4.69, 9.17) is 23.2 Å². The van der Waals surface area contributed by atoms with Crippen molar-refractivity contribution >= 4 is 29.2 Å². The number of hydrogen-bond donors (Lipinski definition) is 1. The van der Waals surface area contributed by atoms with Gasteiger partial charge in [-0.15, -0.1) is 0 Å². The highest BCUT2D eigenvalue weighted by atomic mass is 35.5. The molecule has 1 aromatic carbocycles. The lowest BCUT2D eigenvalue weighted by molar-refractivity contribution is 0.606. The van der Waals surface area contributed by atoms with Gasteiger partial charge in [-0.3, -0.25) is 4.98 Å². The summed E-state index contributed by atoms with van der Waals surface area (Å²) in [5.74, 6) is -0.0878. The van der Waals surface area contributed by atoms with Crippen molar-refractivity contribution in [2.45, 2.75) is 6.54 Å². The number of pyridine rings is 1. The molecule has 0 aliphatic heterocycles. The molecule has 9 heteroatoms. The van der Waals surface area contributed by atoms with Gasteiger partial charge in [0.05, 0.1) is 21.9 Å². The lowest BCUT2D eigenvalue weighted by Crippen LogP contribution is -2.09. The van der Waals surface area contributed by atoms with E-state index in [1.165, 1.54) is 10.9 Å². The second-order valence-electron chi connectivity index (χ2n) is 4.31. The van der Waals surface area contributed by atoms with Crippen LogP contribution in [0.4, 0.5) is 10.3 Å². The third-order valence-corrected chi connectivity index (χ3v) is 3.73. The molecule has 0 radical (unpaired) electrons. The maximum absolute atomic E-state index is 13.6. The first kappa shape index (κ1) is 14.7. The maximum Gasteiger partial charge on any atom is 0.248 e. The fourth-order valence-corrected chi connectivity index (χ4v) is 2.21. The van der Waals surface area contributed by atoms with E-state index in [9.17, 15) is 4.39 Å². The Labute approximate surface area is 134 Å². The fourth-order valence-electron chi connectivity index (χ4n) is 1.84. The van der Waals surface area contributed by atoms with E-state index in [1.54, 1.807) is 24.3 Å². The number of nitrogens with zero attached hydrogens (tertiary/aromatic N) is 5. The number of benzene rings is 1. The minimum atomic E-state index is -0.408. The number of aromatic nitrogens is 5. The number of halogens is 3. The average molecular weight is 339 g/mol. The minimum absolute atomic E-state index is 0.201. The van der Waals surface area contributed by atoms with Gasteiger partial charge in [0.1, 0.15) is 5.82 Å². The first-order chi connectivity index (χ1) is 10.7. The van der Waals surface area contributed by atoms with Crippen molar-refractivity contribution in [1.29, 1.82) is 0 Å². The predicted octanol–water partition coefficient (Wildman–Crippen LogP) is 3.12. The Morgan fingerprint density at radius 3 is 2.91 bits per heavy atom. The van der Waals surface area contributed by atoms with Crippen LogP contribution >= 0.6 is 23.2 Å². The van der Waals surface area contributed by atoms with Crippen LogP contribution in [0.2, 0.25) is 10.0 Å². The van der Waals surface area contributed by atoms with Crippen LogP contribution in [-0.2, 0) is 6.54 Å². The lowest BCUT2D eigenvalue weighted by atomic mass is 10.2. The second-order valence-corrected chi connectivity index (χ2v) is 5.09. The molecule has 0 atom stereocenters. The predicted molar refractivity (Wildman–Crippen MR) is 80.7 cm³/mol. The SMILES string of the molecule is Fc1cnccc1CNc1nnnn1-c1cccc(Cl)c1Cl. The molecule has 6 nitrogen and oxygen atoms in total. The van der Waals surface area contributed by atoms with Crippen molar-refractivity contribution in [3.8, 4) is 5.69 Å². The van der Waals surface area contributed by atoms with Gasteiger partial charge >= 0.3 is 0 Å². The van der Waals surface area contributed by atoms with Crippen molar-refractivity contribution in [1.82, 2.24) is 25.2 Å². The summed E-state index contributed by atoms with van der Waals surface area (Å²) in [6.45, 7) is 0.201. The van der Waals surface area contributed by atoms with E-state index < -0.39 is 5.82 Å². The quantitative estimate of drug-likeness (QED) is 0.791. The van der Waals surface area contributed by atoms with E-state index in [1.807, 2.05) is 0 Å². The molecule has 0 aliphatic rings. The summed E-state index contributed by atoms with van der Waals surface area (Å²) in [5.41, 5.74) is 0.971. The number of rotatable bonds is 4. The van der Waals surface area contributed by atoms with Gasteiger partial charge in [-0.25, -0.2) is 4.39 Å². The Kier molecular flexibility index (Phi) is 4.17. The molecule has 2 aromatic heterocycles. The average Bonchev–Trinajstić information content (AvgIpc) is 2.97. The molecule has 0 spiro atoms. The Morgan fingerprint density at radius 1 is 1.23 bits per heavy atom. The van der Waals surface area contributed by atoms with Crippen LogP contribution in [0.25, 0.3) is 5.69 Å². The zero-order valence-corrected chi connectivity index (χ0v) is 12.6. The highest BCUT2D eigenvalue weighted by Crippen LogP contribution is 2.29. The topological polar surface area (TPSA) is 68.5 Å². The van der Waals surface area contributed by atoms with Crippen LogP contribution in [0.5, 0.6) is 0 Å². The van der Waals surface area contributed by atoms with E-state index >= 15 is 0 Å². The third kappa shape index (κ3) is 2.86. The summed E-state index contributed by atoms with van der Waals surface area (Å²) >= 11 is 12.1. The Balaban J connectivity index is 1.87. The number of tetrazole rings is 1. The van der Waals surface area contributed by atoms with Crippen molar-refractivity contribution in [3.05, 3.63) is 58.1 Å². The molecule has 0 unspecified atom stereocenters. The third-order valence-electron chi connectivity index (χ3n) is 2.92. The first-order valence-electron chi connectivity index (χ1n) is 6.22. The summed E-state index contributed by atoms with van der Waals surface area (Å²) in [7, 11) is 0. The Morgan fingerprint density at radius 2 is 2.09 bits per heavy atom. The van der Waals surface area contributed by atoms with Gasteiger partial charge in [0, 0.05) is 18.3 Å². The standard InChI is InChI=1S/C13H9Cl2FN6/c14-9-2-1-3-11(12(9)15)22-13(19-20-21-22)18-6-8-4-5-17-7-10(8)16/h1-5,7H,6H2,(H,18,19,21). The molecule has 3 rings (SSSR count). The maximum atomic E-state index is 13.6. The van der Waals surface area contributed by atoms with Crippen LogP contribution in [0, 0.1) is 5.82 Å². The fraction of sp³-hybridized carbons (Fsp3) is 0.0769. The van der Waals surface area contributed by atoms with Crippen LogP contribution < -0.4 is 5.32 Å². The monoisotopic (exact) mass is 338 g/mol. The molecule has 3 aromatic rings. The zero-order chi connectivity index (χ0) is 15.5. The molecule has 1 N–H and O–H groups in total. The van der Waals surface area contributed by atoms with Gasteiger partial charge in [0.2, 0.25) is 5.95 Å². The van der Waals surface area contributed by atoms with Crippen LogP contribution in [0.1, 0.15) is 5.56 Å². The number of nitrogens with one attached hydrogen (secondary N) is 1. The summed E-state index contributed by atoms with van der Waals surface area (Å²) in [6, 6.07) is 6.69. The summed E-state index contributed by atoms with van der Waals surface area (Å²) in [6.07, 6.45) is 2.66. The molecule has 0 bridgehead atoms. The summed E-state index contributed by atoms with van der Waals surface area (Å²) < 4.78 is 15.0. The second kappa shape index (κ2) is 6.25. The van der Waals surface area contributed by atoms with E-state index in [-0.39, 0.29) is 6.54 Å². The van der Waals surface area contributed by atoms with Crippen molar-refractivity contribution < 1.29 is 4.39 Å². The summed E-state index contributed by atoms with van der Waals surface area (Å²) in [5, 5.41) is 15.0. The van der Waals surface area contributed by atoms with Gasteiger partial charge in [0.25, 0.3) is 0 Å². The molecule has 22 heavy (non-hydrogen) atoms. The van der Waals surface area contributed by atoms with E-state index in [0.717, 1.165) is 6.20 Å². The van der Waals surface area contributed by atoms with E-state index in [2.05, 4.69) is 25.8 Å². The smallest absolute Gasteiger partial charge is 0.248 e.